The van der Waals surface area contributed by atoms with Crippen molar-refractivity contribution in [1.82, 2.24) is 9.88 Å². The van der Waals surface area contributed by atoms with Gasteiger partial charge in [-0.25, -0.2) is 4.98 Å². The molecule has 0 saturated carbocycles. The van der Waals surface area contributed by atoms with Gasteiger partial charge in [0.25, 0.3) is 0 Å². The number of anilines is 2. The third kappa shape index (κ3) is 3.25. The van der Waals surface area contributed by atoms with Crippen molar-refractivity contribution < 1.29 is 9.18 Å². The lowest BCUT2D eigenvalue weighted by Crippen LogP contribution is -2.38. The number of nitrogens with one attached hydrogen (secondary N) is 1. The van der Waals surface area contributed by atoms with E-state index in [4.69, 9.17) is 0 Å². The van der Waals surface area contributed by atoms with Crippen LogP contribution in [0.4, 0.5) is 15.2 Å². The largest absolute Gasteiger partial charge is 0.342 e. The summed E-state index contributed by atoms with van der Waals surface area (Å²) in [5.41, 5.74) is 2.25. The molecule has 1 aromatic heterocycles. The molecule has 1 spiro atoms. The molecule has 1 atom stereocenters. The molecule has 142 valence electrons. The van der Waals surface area contributed by atoms with E-state index in [0.717, 1.165) is 46.8 Å². The molecule has 0 aliphatic carbocycles. The summed E-state index contributed by atoms with van der Waals surface area (Å²) in [5, 5.41) is 3.46. The second kappa shape index (κ2) is 6.91. The minimum Gasteiger partial charge on any atom is -0.342 e. The first kappa shape index (κ1) is 18.4. The number of hydrogen-bond donors (Lipinski definition) is 1. The van der Waals surface area contributed by atoms with Crippen molar-refractivity contribution in [3.8, 4) is 0 Å². The highest BCUT2D eigenvalue weighted by atomic mass is 79.9. The van der Waals surface area contributed by atoms with Gasteiger partial charge < -0.3 is 15.1 Å². The number of aromatic nitrogens is 1. The highest BCUT2D eigenvalue weighted by molar-refractivity contribution is 9.10. The Morgan fingerprint density at radius 2 is 2.26 bits per heavy atom. The second-order valence-electron chi connectivity index (χ2n) is 6.99. The molecule has 1 amide bonds. The zero-order valence-corrected chi connectivity index (χ0v) is 17.5. The highest BCUT2D eigenvalue weighted by Crippen LogP contribution is 2.48. The topological polar surface area (TPSA) is 48.5 Å². The molecule has 1 aromatic carbocycles. The fourth-order valence-corrected chi connectivity index (χ4v) is 4.98. The van der Waals surface area contributed by atoms with Crippen LogP contribution in [0.25, 0.3) is 0 Å². The molecule has 1 N–H and O–H groups in total. The van der Waals surface area contributed by atoms with E-state index in [1.165, 1.54) is 11.8 Å². The van der Waals surface area contributed by atoms with Crippen molar-refractivity contribution >= 4 is 44.0 Å². The van der Waals surface area contributed by atoms with Gasteiger partial charge in [0.2, 0.25) is 5.91 Å². The fraction of sp³-hybridized carbons (Fsp3) is 0.368. The van der Waals surface area contributed by atoms with E-state index < -0.39 is 0 Å². The van der Waals surface area contributed by atoms with Gasteiger partial charge in [0.1, 0.15) is 5.82 Å². The molecule has 0 radical (unpaired) electrons. The molecular weight excluding hydrogens is 431 g/mol. The molecule has 0 bridgehead atoms. The number of thiazole rings is 1. The Morgan fingerprint density at radius 3 is 2.89 bits per heavy atom. The molecule has 1 fully saturated rings. The van der Waals surface area contributed by atoms with Crippen LogP contribution in [-0.2, 0) is 10.2 Å². The summed E-state index contributed by atoms with van der Waals surface area (Å²) in [5.74, 6) is 0.982. The molecule has 0 unspecified atom stereocenters. The van der Waals surface area contributed by atoms with Gasteiger partial charge in [-0.1, -0.05) is 27.3 Å². The number of carbonyl (C=O) groups is 1. The number of hydrogen-bond acceptors (Lipinski definition) is 5. The normalized spacial score (nSPS) is 21.9. The van der Waals surface area contributed by atoms with E-state index in [1.54, 1.807) is 6.92 Å². The molecule has 2 aromatic rings. The van der Waals surface area contributed by atoms with E-state index in [9.17, 15) is 9.18 Å². The first-order valence-corrected chi connectivity index (χ1v) is 10.4. The Morgan fingerprint density at radius 1 is 1.44 bits per heavy atom. The first-order valence-electron chi connectivity index (χ1n) is 8.80. The molecule has 5 nitrogen and oxygen atoms in total. The Kier molecular flexibility index (Phi) is 4.71. The van der Waals surface area contributed by atoms with Gasteiger partial charge in [-0.2, -0.15) is 4.39 Å². The fourth-order valence-electron chi connectivity index (χ4n) is 4.06. The van der Waals surface area contributed by atoms with Crippen molar-refractivity contribution in [3.05, 3.63) is 51.5 Å². The summed E-state index contributed by atoms with van der Waals surface area (Å²) in [6.07, 6.45) is 4.12. The van der Waals surface area contributed by atoms with E-state index in [2.05, 4.69) is 43.3 Å². The van der Waals surface area contributed by atoms with Crippen molar-refractivity contribution in [2.45, 2.75) is 25.7 Å². The summed E-state index contributed by atoms with van der Waals surface area (Å²) in [6.45, 7) is 5.83. The third-order valence-corrected chi connectivity index (χ3v) is 6.55. The smallest absolute Gasteiger partial charge is 0.219 e. The van der Waals surface area contributed by atoms with E-state index in [0.29, 0.717) is 11.7 Å². The van der Waals surface area contributed by atoms with Crippen LogP contribution in [0.15, 0.2) is 40.8 Å². The SMILES string of the molecule is CC=C(Nc1ncc(F)s1)N1C[C@]2(CCN(C(C)=O)C2)c2cc(Br)ccc21. The maximum atomic E-state index is 13.3. The number of carbonyl (C=O) groups excluding carboxylic acids is 1. The predicted octanol–water partition coefficient (Wildman–Crippen LogP) is 4.33. The quantitative estimate of drug-likeness (QED) is 0.755. The summed E-state index contributed by atoms with van der Waals surface area (Å²) in [6, 6.07) is 6.28. The number of amides is 1. The zero-order chi connectivity index (χ0) is 19.2. The Balaban J connectivity index is 1.70. The van der Waals surface area contributed by atoms with Crippen LogP contribution in [0.3, 0.4) is 0 Å². The van der Waals surface area contributed by atoms with Crippen LogP contribution in [0, 0.1) is 5.13 Å². The molecule has 3 heterocycles. The Hall–Kier alpha value is -1.93. The zero-order valence-electron chi connectivity index (χ0n) is 15.1. The van der Waals surface area contributed by atoms with Crippen molar-refractivity contribution in [3.63, 3.8) is 0 Å². The van der Waals surface area contributed by atoms with Crippen molar-refractivity contribution in [2.75, 3.05) is 29.9 Å². The highest BCUT2D eigenvalue weighted by Gasteiger charge is 2.48. The molecule has 1 saturated heterocycles. The molecular formula is C19H20BrFN4OS. The van der Waals surface area contributed by atoms with E-state index >= 15 is 0 Å². The van der Waals surface area contributed by atoms with E-state index in [1.807, 2.05) is 24.0 Å². The van der Waals surface area contributed by atoms with Gasteiger partial charge in [0.05, 0.1) is 6.20 Å². The lowest BCUT2D eigenvalue weighted by molar-refractivity contribution is -0.127. The number of benzene rings is 1. The van der Waals surface area contributed by atoms with Gasteiger partial charge >= 0.3 is 0 Å². The first-order chi connectivity index (χ1) is 12.9. The minimum atomic E-state index is -0.317. The second-order valence-corrected chi connectivity index (χ2v) is 8.88. The standard InChI is InChI=1S/C19H20BrFN4OS/c1-3-17(23-18-22-9-16(21)27-18)25-11-19(6-7-24(10-19)12(2)26)14-8-13(20)4-5-15(14)25/h3-5,8-9H,6-7,10-11H2,1-2H3,(H,22,23)/t19-/m1/s1. The molecule has 2 aliphatic rings. The van der Waals surface area contributed by atoms with Gasteiger partial charge in [0, 0.05) is 42.1 Å². The summed E-state index contributed by atoms with van der Waals surface area (Å²) in [4.78, 5) is 20.1. The average molecular weight is 451 g/mol. The van der Waals surface area contributed by atoms with Crippen molar-refractivity contribution in [2.24, 2.45) is 0 Å². The summed E-state index contributed by atoms with van der Waals surface area (Å²) >= 11 is 4.58. The van der Waals surface area contributed by atoms with Gasteiger partial charge in [-0.05, 0) is 43.2 Å². The molecule has 4 rings (SSSR count). The van der Waals surface area contributed by atoms with Gasteiger partial charge in [-0.3, -0.25) is 4.79 Å². The van der Waals surface area contributed by atoms with Crippen molar-refractivity contribution in [1.29, 1.82) is 0 Å². The number of likely N-dealkylation sites (tertiary alicyclic amines) is 1. The lowest BCUT2D eigenvalue weighted by atomic mass is 9.81. The maximum Gasteiger partial charge on any atom is 0.219 e. The molecule has 2 aliphatic heterocycles. The third-order valence-electron chi connectivity index (χ3n) is 5.36. The molecule has 27 heavy (non-hydrogen) atoms. The number of allylic oxidation sites excluding steroid dienone is 1. The monoisotopic (exact) mass is 450 g/mol. The van der Waals surface area contributed by atoms with Gasteiger partial charge in [-0.15, -0.1) is 0 Å². The molecule has 8 heteroatoms. The van der Waals surface area contributed by atoms with Crippen LogP contribution < -0.4 is 10.2 Å². The van der Waals surface area contributed by atoms with Gasteiger partial charge in [0.15, 0.2) is 10.3 Å². The number of nitrogens with zero attached hydrogens (tertiary/aromatic N) is 3. The maximum absolute atomic E-state index is 13.3. The summed E-state index contributed by atoms with van der Waals surface area (Å²) in [7, 11) is 0. The average Bonchev–Trinajstić information content (AvgIpc) is 3.32. The van der Waals surface area contributed by atoms with Crippen LogP contribution in [-0.4, -0.2) is 35.4 Å². The van der Waals surface area contributed by atoms with E-state index in [-0.39, 0.29) is 16.5 Å². The lowest BCUT2D eigenvalue weighted by Gasteiger charge is -2.27. The van der Waals surface area contributed by atoms with Crippen LogP contribution >= 0.6 is 27.3 Å². The number of halogens is 2. The Labute approximate surface area is 170 Å². The van der Waals surface area contributed by atoms with Crippen LogP contribution in [0.1, 0.15) is 25.8 Å². The Bertz CT molecular complexity index is 930. The van der Waals surface area contributed by atoms with Crippen LogP contribution in [0.2, 0.25) is 0 Å². The minimum absolute atomic E-state index is 0.102. The number of fused-ring (bicyclic) bond motifs is 2. The summed E-state index contributed by atoms with van der Waals surface area (Å²) < 4.78 is 14.4. The predicted molar refractivity (Wildman–Crippen MR) is 109 cm³/mol. The number of rotatable bonds is 3. The van der Waals surface area contributed by atoms with Crippen LogP contribution in [0.5, 0.6) is 0 Å².